The predicted molar refractivity (Wildman–Crippen MR) is 72.6 cm³/mol. The Labute approximate surface area is 111 Å². The Morgan fingerprint density at radius 1 is 1.21 bits per heavy atom. The van der Waals surface area contributed by atoms with Crippen molar-refractivity contribution in [1.29, 1.82) is 0 Å². The molecule has 1 aliphatic rings. The van der Waals surface area contributed by atoms with Crippen LogP contribution in [0.3, 0.4) is 0 Å². The number of fused-ring (bicyclic) bond motifs is 1. The van der Waals surface area contributed by atoms with Crippen LogP contribution in [0.25, 0.3) is 11.0 Å². The number of hydrogen-bond acceptors (Lipinski definition) is 3. The molecule has 0 bridgehead atoms. The minimum Gasteiger partial charge on any atom is -0.488 e. The van der Waals surface area contributed by atoms with Gasteiger partial charge in [-0.15, -0.1) is 0 Å². The Kier molecular flexibility index (Phi) is 3.06. The van der Waals surface area contributed by atoms with E-state index in [2.05, 4.69) is 0 Å². The van der Waals surface area contributed by atoms with E-state index >= 15 is 0 Å². The maximum absolute atomic E-state index is 12.0. The van der Waals surface area contributed by atoms with Crippen LogP contribution in [0.4, 0.5) is 0 Å². The fraction of sp³-hybridized carbons (Fsp3) is 0.500. The highest BCUT2D eigenvalue weighted by Crippen LogP contribution is 2.26. The standard InChI is InChI=1S/C14H18N2O3/c1-15-11-4-3-5-12(13(11)16(2)14(15)17)19-10-6-8-18-9-7-10/h3-5,10H,6-9H2,1-2H3. The van der Waals surface area contributed by atoms with Gasteiger partial charge in [-0.3, -0.25) is 9.13 Å². The van der Waals surface area contributed by atoms with Gasteiger partial charge < -0.3 is 9.47 Å². The third-order valence-corrected chi connectivity index (χ3v) is 3.71. The number of para-hydroxylation sites is 1. The molecule has 2 heterocycles. The molecule has 0 N–H and O–H groups in total. The molecule has 102 valence electrons. The molecular weight excluding hydrogens is 244 g/mol. The summed E-state index contributed by atoms with van der Waals surface area (Å²) in [5, 5.41) is 0. The molecule has 19 heavy (non-hydrogen) atoms. The topological polar surface area (TPSA) is 45.4 Å². The number of nitrogens with zero attached hydrogens (tertiary/aromatic N) is 2. The summed E-state index contributed by atoms with van der Waals surface area (Å²) in [6.07, 6.45) is 1.98. The molecule has 5 nitrogen and oxygen atoms in total. The highest BCUT2D eigenvalue weighted by Gasteiger charge is 2.18. The van der Waals surface area contributed by atoms with Gasteiger partial charge in [-0.05, 0) is 12.1 Å². The quantitative estimate of drug-likeness (QED) is 0.822. The number of imidazole rings is 1. The Hall–Kier alpha value is -1.75. The van der Waals surface area contributed by atoms with E-state index in [0.717, 1.165) is 42.8 Å². The summed E-state index contributed by atoms with van der Waals surface area (Å²) in [5.74, 6) is 0.782. The van der Waals surface area contributed by atoms with Crippen molar-refractivity contribution >= 4 is 11.0 Å². The lowest BCUT2D eigenvalue weighted by Gasteiger charge is -2.23. The second-order valence-electron chi connectivity index (χ2n) is 4.95. The minimum atomic E-state index is -0.0296. The second-order valence-corrected chi connectivity index (χ2v) is 4.95. The number of hydrogen-bond donors (Lipinski definition) is 0. The molecule has 0 saturated carbocycles. The van der Waals surface area contributed by atoms with Gasteiger partial charge in [0, 0.05) is 26.9 Å². The highest BCUT2D eigenvalue weighted by atomic mass is 16.5. The Morgan fingerprint density at radius 2 is 1.95 bits per heavy atom. The van der Waals surface area contributed by atoms with Gasteiger partial charge in [0.1, 0.15) is 17.4 Å². The summed E-state index contributed by atoms with van der Waals surface area (Å²) >= 11 is 0. The largest absolute Gasteiger partial charge is 0.488 e. The number of ether oxygens (including phenoxy) is 2. The van der Waals surface area contributed by atoms with Crippen molar-refractivity contribution in [2.24, 2.45) is 14.1 Å². The van der Waals surface area contributed by atoms with Crippen molar-refractivity contribution < 1.29 is 9.47 Å². The normalized spacial score (nSPS) is 16.9. The summed E-state index contributed by atoms with van der Waals surface area (Å²) < 4.78 is 14.7. The molecule has 1 fully saturated rings. The Bertz CT molecular complexity index is 650. The number of rotatable bonds is 2. The molecule has 0 radical (unpaired) electrons. The first kappa shape index (κ1) is 12.3. The zero-order chi connectivity index (χ0) is 13.4. The molecule has 0 unspecified atom stereocenters. The molecule has 0 aliphatic carbocycles. The second kappa shape index (κ2) is 4.74. The molecule has 0 amide bonds. The first-order valence-corrected chi connectivity index (χ1v) is 6.57. The van der Waals surface area contributed by atoms with Crippen molar-refractivity contribution in [2.45, 2.75) is 18.9 Å². The molecule has 2 aromatic rings. The SMILES string of the molecule is Cn1c(=O)n(C)c2c(OC3CCOCC3)cccc21. The molecule has 1 aliphatic heterocycles. The molecule has 1 saturated heterocycles. The minimum absolute atomic E-state index is 0.0296. The smallest absolute Gasteiger partial charge is 0.328 e. The van der Waals surface area contributed by atoms with Crippen LogP contribution in [-0.2, 0) is 18.8 Å². The van der Waals surface area contributed by atoms with E-state index in [9.17, 15) is 4.79 Å². The predicted octanol–water partition coefficient (Wildman–Crippen LogP) is 1.43. The van der Waals surface area contributed by atoms with Crippen molar-refractivity contribution in [2.75, 3.05) is 13.2 Å². The fourth-order valence-corrected chi connectivity index (χ4v) is 2.61. The van der Waals surface area contributed by atoms with E-state index in [4.69, 9.17) is 9.47 Å². The zero-order valence-corrected chi connectivity index (χ0v) is 11.3. The van der Waals surface area contributed by atoms with E-state index in [0.29, 0.717) is 0 Å². The lowest BCUT2D eigenvalue weighted by atomic mass is 10.1. The van der Waals surface area contributed by atoms with Gasteiger partial charge in [0.05, 0.1) is 18.7 Å². The van der Waals surface area contributed by atoms with E-state index in [1.54, 1.807) is 23.2 Å². The van der Waals surface area contributed by atoms with E-state index in [-0.39, 0.29) is 11.8 Å². The van der Waals surface area contributed by atoms with E-state index in [1.807, 2.05) is 18.2 Å². The van der Waals surface area contributed by atoms with Crippen LogP contribution in [0.15, 0.2) is 23.0 Å². The van der Waals surface area contributed by atoms with Crippen molar-refractivity contribution in [1.82, 2.24) is 9.13 Å². The molecule has 5 heteroatoms. The molecule has 0 spiro atoms. The molecular formula is C14H18N2O3. The van der Waals surface area contributed by atoms with Crippen molar-refractivity contribution in [3.63, 3.8) is 0 Å². The van der Waals surface area contributed by atoms with E-state index < -0.39 is 0 Å². The van der Waals surface area contributed by atoms with Gasteiger partial charge in [0.25, 0.3) is 0 Å². The lowest BCUT2D eigenvalue weighted by molar-refractivity contribution is 0.0260. The summed E-state index contributed by atoms with van der Waals surface area (Å²) in [6.45, 7) is 1.49. The highest BCUT2D eigenvalue weighted by molar-refractivity contribution is 5.82. The first-order valence-electron chi connectivity index (χ1n) is 6.57. The molecule has 1 aromatic heterocycles. The van der Waals surface area contributed by atoms with Gasteiger partial charge >= 0.3 is 5.69 Å². The average Bonchev–Trinajstić information content (AvgIpc) is 2.66. The molecule has 1 aromatic carbocycles. The summed E-state index contributed by atoms with van der Waals surface area (Å²) in [7, 11) is 3.56. The maximum atomic E-state index is 12.0. The molecule has 3 rings (SSSR count). The Balaban J connectivity index is 2.03. The zero-order valence-electron chi connectivity index (χ0n) is 11.3. The van der Waals surface area contributed by atoms with Crippen LogP contribution in [0.2, 0.25) is 0 Å². The van der Waals surface area contributed by atoms with Crippen LogP contribution in [0.1, 0.15) is 12.8 Å². The number of benzene rings is 1. The van der Waals surface area contributed by atoms with Crippen LogP contribution < -0.4 is 10.4 Å². The van der Waals surface area contributed by atoms with Gasteiger partial charge in [-0.1, -0.05) is 6.07 Å². The van der Waals surface area contributed by atoms with Crippen LogP contribution in [0.5, 0.6) is 5.75 Å². The summed E-state index contributed by atoms with van der Waals surface area (Å²) in [4.78, 5) is 12.0. The van der Waals surface area contributed by atoms with Gasteiger partial charge in [0.2, 0.25) is 0 Å². The van der Waals surface area contributed by atoms with Crippen LogP contribution >= 0.6 is 0 Å². The van der Waals surface area contributed by atoms with Crippen LogP contribution in [0, 0.1) is 0 Å². The summed E-state index contributed by atoms with van der Waals surface area (Å²) in [5.41, 5.74) is 1.73. The monoisotopic (exact) mass is 262 g/mol. The first-order chi connectivity index (χ1) is 9.18. The van der Waals surface area contributed by atoms with Crippen molar-refractivity contribution in [3.8, 4) is 5.75 Å². The average molecular weight is 262 g/mol. The molecule has 0 atom stereocenters. The fourth-order valence-electron chi connectivity index (χ4n) is 2.61. The third-order valence-electron chi connectivity index (χ3n) is 3.71. The van der Waals surface area contributed by atoms with Crippen LogP contribution in [-0.4, -0.2) is 28.5 Å². The van der Waals surface area contributed by atoms with E-state index in [1.165, 1.54) is 0 Å². The summed E-state index contributed by atoms with van der Waals surface area (Å²) in [6, 6.07) is 5.79. The Morgan fingerprint density at radius 3 is 2.68 bits per heavy atom. The lowest BCUT2D eigenvalue weighted by Crippen LogP contribution is -2.26. The number of aryl methyl sites for hydroxylation is 2. The van der Waals surface area contributed by atoms with Crippen molar-refractivity contribution in [3.05, 3.63) is 28.7 Å². The maximum Gasteiger partial charge on any atom is 0.328 e. The third kappa shape index (κ3) is 2.04. The van der Waals surface area contributed by atoms with Gasteiger partial charge in [-0.2, -0.15) is 0 Å². The number of aromatic nitrogens is 2. The van der Waals surface area contributed by atoms with Gasteiger partial charge in [0.15, 0.2) is 0 Å². The van der Waals surface area contributed by atoms with Gasteiger partial charge in [-0.25, -0.2) is 4.79 Å².